The van der Waals surface area contributed by atoms with Crippen LogP contribution in [-0.4, -0.2) is 24.3 Å². The highest BCUT2D eigenvalue weighted by Gasteiger charge is 2.05. The Labute approximate surface area is 106 Å². The molecule has 0 aromatic heterocycles. The van der Waals surface area contributed by atoms with Gasteiger partial charge in [-0.3, -0.25) is 0 Å². The lowest BCUT2D eigenvalue weighted by atomic mass is 10.2. The molecule has 0 heterocycles. The number of rotatable bonds is 6. The van der Waals surface area contributed by atoms with Crippen LogP contribution in [0.3, 0.4) is 0 Å². The van der Waals surface area contributed by atoms with Crippen LogP contribution in [0, 0.1) is 12.3 Å². The average molecular weight is 246 g/mol. The van der Waals surface area contributed by atoms with Crippen molar-refractivity contribution in [2.75, 3.05) is 13.2 Å². The maximum absolute atomic E-state index is 10.4. The van der Waals surface area contributed by atoms with Gasteiger partial charge in [0.2, 0.25) is 0 Å². The Balaban J connectivity index is 2.95. The van der Waals surface area contributed by atoms with Gasteiger partial charge in [-0.15, -0.1) is 6.42 Å². The van der Waals surface area contributed by atoms with Crippen LogP contribution in [-0.2, 0) is 4.79 Å². The van der Waals surface area contributed by atoms with E-state index in [0.29, 0.717) is 23.7 Å². The number of carboxylic acid groups (broad SMARTS) is 1. The predicted molar refractivity (Wildman–Crippen MR) is 68.6 cm³/mol. The van der Waals surface area contributed by atoms with Crippen LogP contribution in [0.15, 0.2) is 24.3 Å². The van der Waals surface area contributed by atoms with Gasteiger partial charge in [0.25, 0.3) is 0 Å². The fourth-order valence-corrected chi connectivity index (χ4v) is 1.30. The molecule has 1 N–H and O–H groups in total. The molecule has 0 aliphatic carbocycles. The lowest BCUT2D eigenvalue weighted by Crippen LogP contribution is -1.99. The Hall–Kier alpha value is -2.41. The first kappa shape index (κ1) is 13.7. The van der Waals surface area contributed by atoms with E-state index in [0.717, 1.165) is 6.08 Å². The molecular weight excluding hydrogens is 232 g/mol. The Morgan fingerprint density at radius 3 is 2.83 bits per heavy atom. The highest BCUT2D eigenvalue weighted by atomic mass is 16.5. The molecule has 0 bridgehead atoms. The largest absolute Gasteiger partial charge is 0.490 e. The Morgan fingerprint density at radius 1 is 1.44 bits per heavy atom. The standard InChI is InChI=1S/C14H14O4/c1-3-9-18-12-7-5-11(6-8-14(15)16)10-13(12)17-4-2/h1,5-8,10H,4,9H2,2H3,(H,15,16). The Bertz CT molecular complexity index is 483. The predicted octanol–water partition coefficient (Wildman–Crippen LogP) is 2.20. The van der Waals surface area contributed by atoms with Gasteiger partial charge < -0.3 is 14.6 Å². The molecular formula is C14H14O4. The first-order chi connectivity index (χ1) is 8.67. The van der Waals surface area contributed by atoms with E-state index in [-0.39, 0.29) is 6.61 Å². The van der Waals surface area contributed by atoms with Crippen LogP contribution in [0.25, 0.3) is 6.08 Å². The number of aliphatic carboxylic acids is 1. The van der Waals surface area contributed by atoms with E-state index >= 15 is 0 Å². The fourth-order valence-electron chi connectivity index (χ4n) is 1.30. The van der Waals surface area contributed by atoms with Crippen LogP contribution in [0.4, 0.5) is 0 Å². The van der Waals surface area contributed by atoms with Crippen molar-refractivity contribution in [3.8, 4) is 23.8 Å². The fraction of sp³-hybridized carbons (Fsp3) is 0.214. The second-order valence-electron chi connectivity index (χ2n) is 3.30. The van der Waals surface area contributed by atoms with Crippen LogP contribution in [0.1, 0.15) is 12.5 Å². The van der Waals surface area contributed by atoms with Crippen molar-refractivity contribution in [1.82, 2.24) is 0 Å². The van der Waals surface area contributed by atoms with Crippen LogP contribution >= 0.6 is 0 Å². The molecule has 0 aliphatic rings. The van der Waals surface area contributed by atoms with Crippen molar-refractivity contribution in [3.05, 3.63) is 29.8 Å². The smallest absolute Gasteiger partial charge is 0.328 e. The summed E-state index contributed by atoms with van der Waals surface area (Å²) in [6, 6.07) is 5.13. The number of terminal acetylenes is 1. The summed E-state index contributed by atoms with van der Waals surface area (Å²) in [5, 5.41) is 8.55. The third-order valence-electron chi connectivity index (χ3n) is 2.00. The molecule has 0 saturated heterocycles. The van der Waals surface area contributed by atoms with E-state index in [2.05, 4.69) is 5.92 Å². The molecule has 4 heteroatoms. The molecule has 0 fully saturated rings. The molecule has 0 atom stereocenters. The van der Waals surface area contributed by atoms with Crippen molar-refractivity contribution >= 4 is 12.0 Å². The Morgan fingerprint density at radius 2 is 2.22 bits per heavy atom. The van der Waals surface area contributed by atoms with Crippen LogP contribution in [0.2, 0.25) is 0 Å². The van der Waals surface area contributed by atoms with E-state index in [1.54, 1.807) is 18.2 Å². The lowest BCUT2D eigenvalue weighted by molar-refractivity contribution is -0.131. The molecule has 18 heavy (non-hydrogen) atoms. The summed E-state index contributed by atoms with van der Waals surface area (Å²) >= 11 is 0. The van der Waals surface area contributed by atoms with Gasteiger partial charge in [0.15, 0.2) is 11.5 Å². The minimum Gasteiger partial charge on any atom is -0.490 e. The van der Waals surface area contributed by atoms with Gasteiger partial charge in [-0.05, 0) is 30.7 Å². The highest BCUT2D eigenvalue weighted by molar-refractivity contribution is 5.85. The lowest BCUT2D eigenvalue weighted by Gasteiger charge is -2.10. The van der Waals surface area contributed by atoms with E-state index < -0.39 is 5.97 Å². The summed E-state index contributed by atoms with van der Waals surface area (Å²) in [6.07, 6.45) is 7.66. The first-order valence-electron chi connectivity index (χ1n) is 5.41. The number of carboxylic acids is 1. The van der Waals surface area contributed by atoms with Gasteiger partial charge >= 0.3 is 5.97 Å². The quantitative estimate of drug-likeness (QED) is 0.617. The van der Waals surface area contributed by atoms with Crippen molar-refractivity contribution in [1.29, 1.82) is 0 Å². The first-order valence-corrected chi connectivity index (χ1v) is 5.41. The molecule has 1 rings (SSSR count). The van der Waals surface area contributed by atoms with E-state index in [9.17, 15) is 4.79 Å². The number of carbonyl (C=O) groups is 1. The SMILES string of the molecule is C#CCOc1ccc(C=CC(=O)O)cc1OCC. The molecule has 1 aromatic carbocycles. The van der Waals surface area contributed by atoms with E-state index in [1.807, 2.05) is 6.92 Å². The summed E-state index contributed by atoms with van der Waals surface area (Å²) in [7, 11) is 0. The number of hydrogen-bond donors (Lipinski definition) is 1. The Kier molecular flexibility index (Phi) is 5.33. The topological polar surface area (TPSA) is 55.8 Å². The second kappa shape index (κ2) is 7.02. The average Bonchev–Trinajstić information content (AvgIpc) is 2.35. The molecule has 94 valence electrons. The zero-order valence-corrected chi connectivity index (χ0v) is 10.1. The summed E-state index contributed by atoms with van der Waals surface area (Å²) < 4.78 is 10.7. The number of ether oxygens (including phenoxy) is 2. The zero-order valence-electron chi connectivity index (χ0n) is 10.1. The third-order valence-corrected chi connectivity index (χ3v) is 2.00. The summed E-state index contributed by atoms with van der Waals surface area (Å²) in [5.41, 5.74) is 0.717. The number of hydrogen-bond acceptors (Lipinski definition) is 3. The van der Waals surface area contributed by atoms with Gasteiger partial charge in [0, 0.05) is 6.08 Å². The van der Waals surface area contributed by atoms with Crippen LogP contribution < -0.4 is 9.47 Å². The van der Waals surface area contributed by atoms with Crippen molar-refractivity contribution in [2.45, 2.75) is 6.92 Å². The minimum atomic E-state index is -0.999. The van der Waals surface area contributed by atoms with Gasteiger partial charge in [0.05, 0.1) is 6.61 Å². The molecule has 0 saturated carbocycles. The van der Waals surface area contributed by atoms with Crippen molar-refractivity contribution < 1.29 is 19.4 Å². The minimum absolute atomic E-state index is 0.157. The van der Waals surface area contributed by atoms with Gasteiger partial charge in [-0.1, -0.05) is 12.0 Å². The summed E-state index contributed by atoms with van der Waals surface area (Å²) in [6.45, 7) is 2.49. The summed E-state index contributed by atoms with van der Waals surface area (Å²) in [4.78, 5) is 10.4. The second-order valence-corrected chi connectivity index (χ2v) is 3.30. The number of benzene rings is 1. The molecule has 4 nitrogen and oxygen atoms in total. The molecule has 0 amide bonds. The van der Waals surface area contributed by atoms with Gasteiger partial charge in [-0.2, -0.15) is 0 Å². The molecule has 0 spiro atoms. The molecule has 0 aliphatic heterocycles. The molecule has 1 aromatic rings. The maximum atomic E-state index is 10.4. The van der Waals surface area contributed by atoms with Gasteiger partial charge in [-0.25, -0.2) is 4.79 Å². The third kappa shape index (κ3) is 4.22. The van der Waals surface area contributed by atoms with Crippen LogP contribution in [0.5, 0.6) is 11.5 Å². The highest BCUT2D eigenvalue weighted by Crippen LogP contribution is 2.28. The monoisotopic (exact) mass is 246 g/mol. The summed E-state index contributed by atoms with van der Waals surface area (Å²) in [5.74, 6) is 2.46. The van der Waals surface area contributed by atoms with Crippen molar-refractivity contribution in [3.63, 3.8) is 0 Å². The van der Waals surface area contributed by atoms with Crippen molar-refractivity contribution in [2.24, 2.45) is 0 Å². The zero-order chi connectivity index (χ0) is 13.4. The molecule has 0 unspecified atom stereocenters. The normalized spacial score (nSPS) is 10.0. The maximum Gasteiger partial charge on any atom is 0.328 e. The van der Waals surface area contributed by atoms with E-state index in [1.165, 1.54) is 6.08 Å². The van der Waals surface area contributed by atoms with E-state index in [4.69, 9.17) is 21.0 Å². The van der Waals surface area contributed by atoms with Gasteiger partial charge in [0.1, 0.15) is 6.61 Å². The molecule has 0 radical (unpaired) electrons.